The smallest absolute Gasteiger partial charge is 0.132 e. The lowest BCUT2D eigenvalue weighted by molar-refractivity contribution is -0.119. The summed E-state index contributed by atoms with van der Waals surface area (Å²) in [6.07, 6.45) is 48.5. The molecular weight excluding hydrogens is 460 g/mol. The van der Waals surface area contributed by atoms with E-state index in [2.05, 4.69) is 38.2 Å². The van der Waals surface area contributed by atoms with Gasteiger partial charge < -0.3 is 0 Å². The van der Waals surface area contributed by atoms with Crippen molar-refractivity contribution in [2.24, 2.45) is 0 Å². The van der Waals surface area contributed by atoms with Crippen molar-refractivity contribution in [1.82, 2.24) is 0 Å². The molecule has 0 rings (SSSR count). The van der Waals surface area contributed by atoms with E-state index in [1.165, 1.54) is 167 Å². The first-order valence-electron chi connectivity index (χ1n) is 17.6. The minimum atomic E-state index is 0.510. The third-order valence-corrected chi connectivity index (χ3v) is 7.93. The Hall–Kier alpha value is -0.850. The largest absolute Gasteiger partial charge is 0.300 e. The molecule has 0 saturated heterocycles. The summed E-state index contributed by atoms with van der Waals surface area (Å²) in [6, 6.07) is 0. The van der Waals surface area contributed by atoms with Crippen LogP contribution in [0.2, 0.25) is 0 Å². The Morgan fingerprint density at radius 1 is 0.342 bits per heavy atom. The number of Topliss-reactive ketones (excluding diaryl/α,β-unsaturated/α-hetero) is 1. The molecule has 0 unspecified atom stereocenters. The second kappa shape index (κ2) is 34.2. The fraction of sp³-hybridized carbons (Fsp3) is 0.865. The Bertz CT molecular complexity index is 503. The molecule has 0 radical (unpaired) electrons. The van der Waals surface area contributed by atoms with E-state index in [1.807, 2.05) is 0 Å². The normalized spacial score (nSPS) is 11.8. The maximum absolute atomic E-state index is 12.1. The van der Waals surface area contributed by atoms with E-state index in [-0.39, 0.29) is 0 Å². The lowest BCUT2D eigenvalue weighted by atomic mass is 10.0. The molecule has 0 aromatic carbocycles. The van der Waals surface area contributed by atoms with Crippen LogP contribution in [0.5, 0.6) is 0 Å². The number of rotatable bonds is 32. The first-order valence-corrected chi connectivity index (χ1v) is 17.6. The van der Waals surface area contributed by atoms with E-state index in [9.17, 15) is 4.79 Å². The molecule has 0 bridgehead atoms. The standard InChI is InChI=1S/C37H70O/c1-3-5-7-9-11-13-15-17-19-20-22-24-26-28-30-32-34-36-37(38)35-33-31-29-27-25-23-21-18-16-14-12-10-8-6-4-2/h17-19,21H,3-16,20,22-36H2,1-2H3/b19-17-,21-18-. The van der Waals surface area contributed by atoms with E-state index in [0.717, 1.165) is 25.7 Å². The fourth-order valence-electron chi connectivity index (χ4n) is 5.26. The van der Waals surface area contributed by atoms with Gasteiger partial charge in [-0.2, -0.15) is 0 Å². The van der Waals surface area contributed by atoms with Gasteiger partial charge in [-0.3, -0.25) is 4.79 Å². The maximum atomic E-state index is 12.1. The molecule has 0 aliphatic carbocycles. The van der Waals surface area contributed by atoms with Crippen LogP contribution in [0.15, 0.2) is 24.3 Å². The number of carbonyl (C=O) groups is 1. The fourth-order valence-corrected chi connectivity index (χ4v) is 5.26. The number of ketones is 1. The van der Waals surface area contributed by atoms with E-state index in [0.29, 0.717) is 5.78 Å². The van der Waals surface area contributed by atoms with Gasteiger partial charge >= 0.3 is 0 Å². The summed E-state index contributed by atoms with van der Waals surface area (Å²) in [5.41, 5.74) is 0. The summed E-state index contributed by atoms with van der Waals surface area (Å²) in [5.74, 6) is 0.510. The number of carbonyl (C=O) groups excluding carboxylic acids is 1. The summed E-state index contributed by atoms with van der Waals surface area (Å²) in [7, 11) is 0. The highest BCUT2D eigenvalue weighted by Crippen LogP contribution is 2.14. The molecule has 1 nitrogen and oxygen atoms in total. The highest BCUT2D eigenvalue weighted by Gasteiger charge is 2.02. The zero-order valence-electron chi connectivity index (χ0n) is 26.4. The van der Waals surface area contributed by atoms with Gasteiger partial charge in [-0.1, -0.05) is 154 Å². The van der Waals surface area contributed by atoms with Crippen molar-refractivity contribution in [3.05, 3.63) is 24.3 Å². The van der Waals surface area contributed by atoms with E-state index >= 15 is 0 Å². The predicted octanol–water partition coefficient (Wildman–Crippen LogP) is 13.4. The Morgan fingerprint density at radius 2 is 0.579 bits per heavy atom. The van der Waals surface area contributed by atoms with E-state index in [4.69, 9.17) is 0 Å². The van der Waals surface area contributed by atoms with Gasteiger partial charge in [0.25, 0.3) is 0 Å². The van der Waals surface area contributed by atoms with Gasteiger partial charge in [0.15, 0.2) is 0 Å². The van der Waals surface area contributed by atoms with Crippen molar-refractivity contribution in [3.63, 3.8) is 0 Å². The first-order chi connectivity index (χ1) is 18.8. The van der Waals surface area contributed by atoms with Crippen LogP contribution in [-0.4, -0.2) is 5.78 Å². The molecule has 38 heavy (non-hydrogen) atoms. The van der Waals surface area contributed by atoms with Crippen molar-refractivity contribution in [2.75, 3.05) is 0 Å². The molecule has 0 saturated carbocycles. The average Bonchev–Trinajstić information content (AvgIpc) is 2.92. The molecule has 0 aliphatic rings. The molecule has 0 aromatic heterocycles. The summed E-state index contributed by atoms with van der Waals surface area (Å²) < 4.78 is 0. The van der Waals surface area contributed by atoms with Crippen LogP contribution in [0, 0.1) is 0 Å². The maximum Gasteiger partial charge on any atom is 0.132 e. The van der Waals surface area contributed by atoms with Crippen molar-refractivity contribution >= 4 is 5.78 Å². The molecule has 0 aliphatic heterocycles. The van der Waals surface area contributed by atoms with E-state index < -0.39 is 0 Å². The third-order valence-electron chi connectivity index (χ3n) is 7.93. The molecule has 1 heteroatoms. The van der Waals surface area contributed by atoms with Gasteiger partial charge in [-0.25, -0.2) is 0 Å². The van der Waals surface area contributed by atoms with Gasteiger partial charge in [0.05, 0.1) is 0 Å². The minimum absolute atomic E-state index is 0.510. The van der Waals surface area contributed by atoms with Gasteiger partial charge in [0, 0.05) is 12.8 Å². The Balaban J connectivity index is 3.23. The predicted molar refractivity (Wildman–Crippen MR) is 173 cm³/mol. The Kier molecular flexibility index (Phi) is 33.4. The van der Waals surface area contributed by atoms with Crippen LogP contribution in [0.3, 0.4) is 0 Å². The molecule has 0 atom stereocenters. The summed E-state index contributed by atoms with van der Waals surface area (Å²) in [6.45, 7) is 4.57. The molecular formula is C37H70O. The highest BCUT2D eigenvalue weighted by molar-refractivity contribution is 5.78. The van der Waals surface area contributed by atoms with Crippen molar-refractivity contribution in [3.8, 4) is 0 Å². The number of hydrogen-bond donors (Lipinski definition) is 0. The minimum Gasteiger partial charge on any atom is -0.300 e. The summed E-state index contributed by atoms with van der Waals surface area (Å²) >= 11 is 0. The van der Waals surface area contributed by atoms with Crippen molar-refractivity contribution in [1.29, 1.82) is 0 Å². The lowest BCUT2D eigenvalue weighted by Gasteiger charge is -2.03. The van der Waals surface area contributed by atoms with Crippen LogP contribution in [0.1, 0.15) is 206 Å². The van der Waals surface area contributed by atoms with Crippen molar-refractivity contribution < 1.29 is 4.79 Å². The molecule has 0 fully saturated rings. The van der Waals surface area contributed by atoms with Gasteiger partial charge in [-0.05, 0) is 64.2 Å². The van der Waals surface area contributed by atoms with Gasteiger partial charge in [-0.15, -0.1) is 0 Å². The Labute approximate surface area is 241 Å². The van der Waals surface area contributed by atoms with Crippen molar-refractivity contribution in [2.45, 2.75) is 206 Å². The second-order valence-corrected chi connectivity index (χ2v) is 11.9. The zero-order chi connectivity index (χ0) is 27.6. The SMILES string of the molecule is CCCCCCCC/C=C\CCCCCCCCCC(=O)CCCCCCC/C=C\CCCCCCCC. The van der Waals surface area contributed by atoms with Gasteiger partial charge in [0.2, 0.25) is 0 Å². The lowest BCUT2D eigenvalue weighted by Crippen LogP contribution is -1.97. The van der Waals surface area contributed by atoms with Crippen LogP contribution in [0.4, 0.5) is 0 Å². The van der Waals surface area contributed by atoms with E-state index in [1.54, 1.807) is 0 Å². The third kappa shape index (κ3) is 33.2. The molecule has 0 heterocycles. The zero-order valence-corrected chi connectivity index (χ0v) is 26.4. The molecule has 0 spiro atoms. The number of unbranched alkanes of at least 4 members (excludes halogenated alkanes) is 24. The number of hydrogen-bond acceptors (Lipinski definition) is 1. The van der Waals surface area contributed by atoms with Crippen LogP contribution >= 0.6 is 0 Å². The van der Waals surface area contributed by atoms with Crippen LogP contribution < -0.4 is 0 Å². The molecule has 0 amide bonds. The first kappa shape index (κ1) is 37.1. The topological polar surface area (TPSA) is 17.1 Å². The van der Waals surface area contributed by atoms with Crippen LogP contribution in [0.25, 0.3) is 0 Å². The number of allylic oxidation sites excluding steroid dienone is 4. The molecule has 0 N–H and O–H groups in total. The summed E-state index contributed by atoms with van der Waals surface area (Å²) in [5, 5.41) is 0. The second-order valence-electron chi connectivity index (χ2n) is 11.9. The van der Waals surface area contributed by atoms with Crippen LogP contribution in [-0.2, 0) is 4.79 Å². The molecule has 224 valence electrons. The van der Waals surface area contributed by atoms with Gasteiger partial charge in [0.1, 0.15) is 5.78 Å². The highest BCUT2D eigenvalue weighted by atomic mass is 16.1. The molecule has 0 aromatic rings. The Morgan fingerprint density at radius 3 is 0.868 bits per heavy atom. The summed E-state index contributed by atoms with van der Waals surface area (Å²) in [4.78, 5) is 12.1. The average molecular weight is 531 g/mol. The quantitative estimate of drug-likeness (QED) is 0.0624. The monoisotopic (exact) mass is 531 g/mol.